The number of piperidine rings is 1. The standard InChI is InChI=1S/C22H27N3O3/c1-17(18-6-8-19(9-7-18)25-14-4-3-5-15-25)23-24-22(26)16-28-21-12-10-20(27-2)11-13-21/h6-13H,3-5,14-16H2,1-2H3,(H,24,26)/b23-17-. The highest BCUT2D eigenvalue weighted by molar-refractivity contribution is 5.99. The zero-order valence-corrected chi connectivity index (χ0v) is 16.5. The van der Waals surface area contributed by atoms with Crippen molar-refractivity contribution in [2.75, 3.05) is 31.7 Å². The van der Waals surface area contributed by atoms with E-state index in [9.17, 15) is 4.79 Å². The van der Waals surface area contributed by atoms with E-state index in [2.05, 4.69) is 27.6 Å². The quantitative estimate of drug-likeness (QED) is 0.588. The highest BCUT2D eigenvalue weighted by Gasteiger charge is 2.11. The third kappa shape index (κ3) is 5.49. The van der Waals surface area contributed by atoms with E-state index in [4.69, 9.17) is 9.47 Å². The van der Waals surface area contributed by atoms with E-state index >= 15 is 0 Å². The second-order valence-corrected chi connectivity index (χ2v) is 6.79. The fraction of sp³-hybridized carbons (Fsp3) is 0.364. The Kier molecular flexibility index (Phi) is 6.89. The predicted molar refractivity (Wildman–Crippen MR) is 111 cm³/mol. The number of nitrogens with zero attached hydrogens (tertiary/aromatic N) is 2. The largest absolute Gasteiger partial charge is 0.497 e. The number of nitrogens with one attached hydrogen (secondary N) is 1. The summed E-state index contributed by atoms with van der Waals surface area (Å²) in [4.78, 5) is 14.4. The molecule has 1 aliphatic rings. The van der Waals surface area contributed by atoms with Gasteiger partial charge in [-0.15, -0.1) is 0 Å². The van der Waals surface area contributed by atoms with Crippen LogP contribution in [0.15, 0.2) is 53.6 Å². The maximum absolute atomic E-state index is 12.0. The van der Waals surface area contributed by atoms with Crippen molar-refractivity contribution in [1.82, 2.24) is 5.43 Å². The molecule has 1 fully saturated rings. The summed E-state index contributed by atoms with van der Waals surface area (Å²) in [5.41, 5.74) is 5.52. The lowest BCUT2D eigenvalue weighted by Crippen LogP contribution is -2.29. The maximum atomic E-state index is 12.0. The molecule has 28 heavy (non-hydrogen) atoms. The van der Waals surface area contributed by atoms with Crippen LogP contribution in [0.25, 0.3) is 0 Å². The smallest absolute Gasteiger partial charge is 0.277 e. The molecule has 1 saturated heterocycles. The first-order chi connectivity index (χ1) is 13.7. The molecule has 0 spiro atoms. The lowest BCUT2D eigenvalue weighted by Gasteiger charge is -2.28. The van der Waals surface area contributed by atoms with Crippen LogP contribution in [0.5, 0.6) is 11.5 Å². The van der Waals surface area contributed by atoms with E-state index in [1.54, 1.807) is 31.4 Å². The molecular weight excluding hydrogens is 354 g/mol. The zero-order chi connectivity index (χ0) is 19.8. The minimum absolute atomic E-state index is 0.100. The van der Waals surface area contributed by atoms with Gasteiger partial charge in [-0.1, -0.05) is 12.1 Å². The molecule has 0 radical (unpaired) electrons. The monoisotopic (exact) mass is 381 g/mol. The molecule has 1 N–H and O–H groups in total. The van der Waals surface area contributed by atoms with Gasteiger partial charge in [-0.25, -0.2) is 5.43 Å². The summed E-state index contributed by atoms with van der Waals surface area (Å²) in [7, 11) is 1.60. The first kappa shape index (κ1) is 19.7. The molecule has 0 aromatic heterocycles. The van der Waals surface area contributed by atoms with Crippen LogP contribution in [-0.2, 0) is 4.79 Å². The fourth-order valence-electron chi connectivity index (χ4n) is 3.13. The third-order valence-electron chi connectivity index (χ3n) is 4.78. The average molecular weight is 381 g/mol. The molecule has 2 aromatic carbocycles. The van der Waals surface area contributed by atoms with Crippen LogP contribution in [0.2, 0.25) is 0 Å². The SMILES string of the molecule is COc1ccc(OCC(=O)N/N=C(/C)c2ccc(N3CCCCC3)cc2)cc1. The van der Waals surface area contributed by atoms with Gasteiger partial charge in [0.15, 0.2) is 6.61 Å². The van der Waals surface area contributed by atoms with Gasteiger partial charge < -0.3 is 14.4 Å². The molecule has 0 saturated carbocycles. The number of methoxy groups -OCH3 is 1. The van der Waals surface area contributed by atoms with Gasteiger partial charge >= 0.3 is 0 Å². The fourth-order valence-corrected chi connectivity index (χ4v) is 3.13. The Morgan fingerprint density at radius 1 is 1.00 bits per heavy atom. The summed E-state index contributed by atoms with van der Waals surface area (Å²) in [5, 5.41) is 4.18. The van der Waals surface area contributed by atoms with E-state index < -0.39 is 0 Å². The summed E-state index contributed by atoms with van der Waals surface area (Å²) in [6.45, 7) is 4.02. The second kappa shape index (κ2) is 9.78. The Morgan fingerprint density at radius 2 is 1.64 bits per heavy atom. The Labute approximate surface area is 166 Å². The molecule has 0 bridgehead atoms. The Hall–Kier alpha value is -3.02. The van der Waals surface area contributed by atoms with Gasteiger partial charge in [-0.2, -0.15) is 5.10 Å². The molecule has 1 aliphatic heterocycles. The lowest BCUT2D eigenvalue weighted by molar-refractivity contribution is -0.123. The summed E-state index contributed by atoms with van der Waals surface area (Å²) in [5.74, 6) is 1.04. The summed E-state index contributed by atoms with van der Waals surface area (Å²) in [6.07, 6.45) is 3.84. The minimum Gasteiger partial charge on any atom is -0.497 e. The molecule has 6 heteroatoms. The first-order valence-corrected chi connectivity index (χ1v) is 9.61. The molecule has 0 atom stereocenters. The average Bonchev–Trinajstić information content (AvgIpc) is 2.77. The summed E-state index contributed by atoms with van der Waals surface area (Å²) < 4.78 is 10.5. The molecule has 3 rings (SSSR count). The van der Waals surface area contributed by atoms with Crippen molar-refractivity contribution in [3.05, 3.63) is 54.1 Å². The van der Waals surface area contributed by atoms with Crippen LogP contribution >= 0.6 is 0 Å². The second-order valence-electron chi connectivity index (χ2n) is 6.79. The molecule has 148 valence electrons. The molecule has 6 nitrogen and oxygen atoms in total. The predicted octanol–water partition coefficient (Wildman–Crippen LogP) is 3.60. The highest BCUT2D eigenvalue weighted by atomic mass is 16.5. The first-order valence-electron chi connectivity index (χ1n) is 9.61. The van der Waals surface area contributed by atoms with Gasteiger partial charge in [0.1, 0.15) is 11.5 Å². The van der Waals surface area contributed by atoms with Gasteiger partial charge in [0.2, 0.25) is 0 Å². The van der Waals surface area contributed by atoms with Gasteiger partial charge in [0.25, 0.3) is 5.91 Å². The zero-order valence-electron chi connectivity index (χ0n) is 16.5. The van der Waals surface area contributed by atoms with E-state index in [1.807, 2.05) is 19.1 Å². The molecule has 1 amide bonds. The van der Waals surface area contributed by atoms with Crippen molar-refractivity contribution in [1.29, 1.82) is 0 Å². The molecule has 0 unspecified atom stereocenters. The number of hydrogen-bond acceptors (Lipinski definition) is 5. The maximum Gasteiger partial charge on any atom is 0.277 e. The Morgan fingerprint density at radius 3 is 2.29 bits per heavy atom. The van der Waals surface area contributed by atoms with Gasteiger partial charge in [-0.3, -0.25) is 4.79 Å². The number of carbonyl (C=O) groups is 1. The van der Waals surface area contributed by atoms with Crippen molar-refractivity contribution < 1.29 is 14.3 Å². The minimum atomic E-state index is -0.305. The highest BCUT2D eigenvalue weighted by Crippen LogP contribution is 2.20. The van der Waals surface area contributed by atoms with Crippen LogP contribution in [-0.4, -0.2) is 38.4 Å². The van der Waals surface area contributed by atoms with E-state index in [-0.39, 0.29) is 12.5 Å². The van der Waals surface area contributed by atoms with Crippen LogP contribution in [0.3, 0.4) is 0 Å². The Bertz CT molecular complexity index is 795. The van der Waals surface area contributed by atoms with Gasteiger partial charge in [0.05, 0.1) is 12.8 Å². The number of hydrogen-bond donors (Lipinski definition) is 1. The third-order valence-corrected chi connectivity index (χ3v) is 4.78. The Balaban J connectivity index is 1.49. The molecular formula is C22H27N3O3. The number of hydrazone groups is 1. The number of amides is 1. The van der Waals surface area contributed by atoms with Crippen molar-refractivity contribution in [3.63, 3.8) is 0 Å². The lowest BCUT2D eigenvalue weighted by atomic mass is 10.1. The number of rotatable bonds is 7. The topological polar surface area (TPSA) is 63.2 Å². The van der Waals surface area contributed by atoms with E-state index in [0.717, 1.165) is 30.1 Å². The van der Waals surface area contributed by atoms with Crippen LogP contribution in [0.4, 0.5) is 5.69 Å². The molecule has 1 heterocycles. The van der Waals surface area contributed by atoms with Crippen molar-refractivity contribution in [2.24, 2.45) is 5.10 Å². The van der Waals surface area contributed by atoms with Crippen LogP contribution in [0, 0.1) is 0 Å². The molecule has 0 aliphatic carbocycles. The van der Waals surface area contributed by atoms with Gasteiger partial charge in [-0.05, 0) is 68.1 Å². The van der Waals surface area contributed by atoms with E-state index in [0.29, 0.717) is 5.75 Å². The van der Waals surface area contributed by atoms with Crippen LogP contribution < -0.4 is 19.8 Å². The summed E-state index contributed by atoms with van der Waals surface area (Å²) >= 11 is 0. The number of ether oxygens (including phenoxy) is 2. The number of benzene rings is 2. The number of anilines is 1. The van der Waals surface area contributed by atoms with Crippen LogP contribution in [0.1, 0.15) is 31.7 Å². The van der Waals surface area contributed by atoms with Crippen molar-refractivity contribution in [3.8, 4) is 11.5 Å². The number of carbonyl (C=O) groups excluding carboxylic acids is 1. The van der Waals surface area contributed by atoms with Crippen molar-refractivity contribution in [2.45, 2.75) is 26.2 Å². The normalized spacial score (nSPS) is 14.5. The van der Waals surface area contributed by atoms with E-state index in [1.165, 1.54) is 24.9 Å². The van der Waals surface area contributed by atoms with Gasteiger partial charge in [0, 0.05) is 18.8 Å². The van der Waals surface area contributed by atoms with Crippen molar-refractivity contribution >= 4 is 17.3 Å². The summed E-state index contributed by atoms with van der Waals surface area (Å²) in [6, 6.07) is 15.4. The molecule has 2 aromatic rings.